The Morgan fingerprint density at radius 3 is 2.82 bits per heavy atom. The Labute approximate surface area is 198 Å². The van der Waals surface area contributed by atoms with Gasteiger partial charge in [0.1, 0.15) is 12.4 Å². The number of benzene rings is 2. The number of carbonyl (C=O) groups is 1. The van der Waals surface area contributed by atoms with E-state index in [0.29, 0.717) is 50.6 Å². The average molecular weight is 487 g/mol. The molecule has 0 bridgehead atoms. The van der Waals surface area contributed by atoms with Crippen LogP contribution in [0.25, 0.3) is 0 Å². The van der Waals surface area contributed by atoms with Crippen molar-refractivity contribution in [1.82, 2.24) is 9.62 Å². The molecule has 9 heteroatoms. The summed E-state index contributed by atoms with van der Waals surface area (Å²) in [4.78, 5) is 14.1. The Kier molecular flexibility index (Phi) is 7.44. The molecule has 0 fully saturated rings. The van der Waals surface area contributed by atoms with E-state index in [9.17, 15) is 13.2 Å². The zero-order valence-corrected chi connectivity index (χ0v) is 20.0. The summed E-state index contributed by atoms with van der Waals surface area (Å²) in [5, 5.41) is 4.84. The zero-order chi connectivity index (χ0) is 23.3. The van der Waals surface area contributed by atoms with Crippen LogP contribution in [-0.4, -0.2) is 45.5 Å². The molecule has 0 atom stereocenters. The van der Waals surface area contributed by atoms with Gasteiger partial charge in [-0.25, -0.2) is 8.42 Å². The van der Waals surface area contributed by atoms with Crippen LogP contribution in [0, 0.1) is 0 Å². The fraction of sp³-hybridized carbons (Fsp3) is 0.292. The zero-order valence-electron chi connectivity index (χ0n) is 18.3. The standard InChI is InChI=1S/C24H26N2O5S2/c1-30-11-12-31-21-6-2-4-18(14-21)16-25-24(27)19-5-3-7-22(15-19)33(28,29)26-10-8-23-20(17-26)9-13-32-23/h2-7,9,13-15H,8,10-12,16-17H2,1H3,(H,25,27). The first-order valence-electron chi connectivity index (χ1n) is 10.6. The maximum absolute atomic E-state index is 13.2. The summed E-state index contributed by atoms with van der Waals surface area (Å²) in [7, 11) is -2.08. The van der Waals surface area contributed by atoms with Crippen LogP contribution in [0.3, 0.4) is 0 Å². The minimum Gasteiger partial charge on any atom is -0.491 e. The maximum Gasteiger partial charge on any atom is 0.251 e. The summed E-state index contributed by atoms with van der Waals surface area (Å²) in [6, 6.07) is 15.6. The van der Waals surface area contributed by atoms with E-state index in [1.165, 1.54) is 21.3 Å². The van der Waals surface area contributed by atoms with E-state index in [4.69, 9.17) is 9.47 Å². The Morgan fingerprint density at radius 1 is 1.12 bits per heavy atom. The van der Waals surface area contributed by atoms with Crippen molar-refractivity contribution in [2.75, 3.05) is 26.9 Å². The van der Waals surface area contributed by atoms with Gasteiger partial charge in [-0.05, 0) is 59.3 Å². The van der Waals surface area contributed by atoms with E-state index in [-0.39, 0.29) is 10.8 Å². The summed E-state index contributed by atoms with van der Waals surface area (Å²) >= 11 is 1.66. The van der Waals surface area contributed by atoms with E-state index in [1.54, 1.807) is 30.6 Å². The lowest BCUT2D eigenvalue weighted by Crippen LogP contribution is -2.35. The number of methoxy groups -OCH3 is 1. The summed E-state index contributed by atoms with van der Waals surface area (Å²) in [5.41, 5.74) is 2.23. The van der Waals surface area contributed by atoms with Crippen molar-refractivity contribution in [2.45, 2.75) is 24.4 Å². The van der Waals surface area contributed by atoms with Crippen LogP contribution in [0.2, 0.25) is 0 Å². The van der Waals surface area contributed by atoms with Crippen LogP contribution in [0.15, 0.2) is 64.9 Å². The molecule has 1 aromatic heterocycles. The molecule has 0 radical (unpaired) electrons. The van der Waals surface area contributed by atoms with Crippen molar-refractivity contribution in [3.05, 3.63) is 81.5 Å². The SMILES string of the molecule is COCCOc1cccc(CNC(=O)c2cccc(S(=O)(=O)N3CCc4sccc4C3)c2)c1. The lowest BCUT2D eigenvalue weighted by molar-refractivity contribution is 0.0950. The number of nitrogens with one attached hydrogen (secondary N) is 1. The minimum absolute atomic E-state index is 0.127. The first kappa shape index (κ1) is 23.4. The average Bonchev–Trinajstić information content (AvgIpc) is 3.31. The summed E-state index contributed by atoms with van der Waals surface area (Å²) < 4.78 is 38.4. The molecule has 1 N–H and O–H groups in total. The first-order valence-corrected chi connectivity index (χ1v) is 12.9. The quantitative estimate of drug-likeness (QED) is 0.469. The number of carbonyl (C=O) groups excluding carboxylic acids is 1. The van der Waals surface area contributed by atoms with Gasteiger partial charge in [-0.1, -0.05) is 18.2 Å². The van der Waals surface area contributed by atoms with Crippen molar-refractivity contribution in [3.8, 4) is 5.75 Å². The van der Waals surface area contributed by atoms with Gasteiger partial charge in [0.2, 0.25) is 10.0 Å². The van der Waals surface area contributed by atoms with Crippen LogP contribution in [0.5, 0.6) is 5.75 Å². The van der Waals surface area contributed by atoms with Crippen molar-refractivity contribution in [1.29, 1.82) is 0 Å². The van der Waals surface area contributed by atoms with E-state index in [0.717, 1.165) is 11.1 Å². The third-order valence-corrected chi connectivity index (χ3v) is 8.28. The van der Waals surface area contributed by atoms with Crippen LogP contribution < -0.4 is 10.1 Å². The molecular weight excluding hydrogens is 460 g/mol. The number of hydrogen-bond donors (Lipinski definition) is 1. The monoisotopic (exact) mass is 486 g/mol. The van der Waals surface area contributed by atoms with E-state index < -0.39 is 10.0 Å². The van der Waals surface area contributed by atoms with Gasteiger partial charge in [-0.15, -0.1) is 11.3 Å². The number of ether oxygens (including phenoxy) is 2. The molecular formula is C24H26N2O5S2. The Morgan fingerprint density at radius 2 is 1.97 bits per heavy atom. The van der Waals surface area contributed by atoms with Gasteiger partial charge >= 0.3 is 0 Å². The molecule has 0 saturated carbocycles. The highest BCUT2D eigenvalue weighted by molar-refractivity contribution is 7.89. The molecule has 4 rings (SSSR count). The molecule has 2 heterocycles. The van der Waals surface area contributed by atoms with Gasteiger partial charge < -0.3 is 14.8 Å². The number of thiophene rings is 1. The molecule has 33 heavy (non-hydrogen) atoms. The molecule has 0 aliphatic carbocycles. The van der Waals surface area contributed by atoms with Crippen LogP contribution in [0.4, 0.5) is 0 Å². The minimum atomic E-state index is -3.69. The molecule has 1 amide bonds. The highest BCUT2D eigenvalue weighted by Crippen LogP contribution is 2.28. The number of hydrogen-bond acceptors (Lipinski definition) is 6. The fourth-order valence-corrected chi connectivity index (χ4v) is 6.00. The van der Waals surface area contributed by atoms with Crippen LogP contribution in [0.1, 0.15) is 26.4 Å². The van der Waals surface area contributed by atoms with Gasteiger partial charge in [-0.3, -0.25) is 4.79 Å². The smallest absolute Gasteiger partial charge is 0.251 e. The molecule has 174 valence electrons. The fourth-order valence-electron chi connectivity index (χ4n) is 3.65. The van der Waals surface area contributed by atoms with Crippen molar-refractivity contribution >= 4 is 27.3 Å². The predicted molar refractivity (Wildman–Crippen MR) is 127 cm³/mol. The van der Waals surface area contributed by atoms with Crippen LogP contribution in [-0.2, 0) is 34.3 Å². The Hall–Kier alpha value is -2.72. The summed E-state index contributed by atoms with van der Waals surface area (Å²) in [6.07, 6.45) is 0.709. The number of nitrogens with zero attached hydrogens (tertiary/aromatic N) is 1. The lowest BCUT2D eigenvalue weighted by atomic mass is 10.1. The largest absolute Gasteiger partial charge is 0.491 e. The van der Waals surface area contributed by atoms with Gasteiger partial charge in [-0.2, -0.15) is 4.31 Å². The van der Waals surface area contributed by atoms with Gasteiger partial charge in [0.15, 0.2) is 0 Å². The summed E-state index contributed by atoms with van der Waals surface area (Å²) in [5.74, 6) is 0.360. The van der Waals surface area contributed by atoms with E-state index in [1.807, 2.05) is 35.7 Å². The number of sulfonamides is 1. The molecule has 7 nitrogen and oxygen atoms in total. The Balaban J connectivity index is 1.41. The normalized spacial score (nSPS) is 14.0. The first-order chi connectivity index (χ1) is 16.0. The van der Waals surface area contributed by atoms with Crippen molar-refractivity contribution in [2.24, 2.45) is 0 Å². The molecule has 2 aromatic carbocycles. The van der Waals surface area contributed by atoms with E-state index in [2.05, 4.69) is 5.32 Å². The molecule has 0 spiro atoms. The van der Waals surface area contributed by atoms with E-state index >= 15 is 0 Å². The lowest BCUT2D eigenvalue weighted by Gasteiger charge is -2.26. The van der Waals surface area contributed by atoms with Crippen LogP contribution >= 0.6 is 11.3 Å². The highest BCUT2D eigenvalue weighted by Gasteiger charge is 2.29. The van der Waals surface area contributed by atoms with Crippen molar-refractivity contribution in [3.63, 3.8) is 0 Å². The second kappa shape index (κ2) is 10.5. The third kappa shape index (κ3) is 5.62. The second-order valence-electron chi connectivity index (χ2n) is 7.66. The predicted octanol–water partition coefficient (Wildman–Crippen LogP) is 3.45. The second-order valence-corrected chi connectivity index (χ2v) is 10.6. The van der Waals surface area contributed by atoms with Gasteiger partial charge in [0, 0.05) is 37.2 Å². The highest BCUT2D eigenvalue weighted by atomic mass is 32.2. The molecule has 0 saturated heterocycles. The maximum atomic E-state index is 13.2. The summed E-state index contributed by atoms with van der Waals surface area (Å²) in [6.45, 7) is 2.03. The van der Waals surface area contributed by atoms with Gasteiger partial charge in [0.05, 0.1) is 11.5 Å². The molecule has 0 unspecified atom stereocenters. The topological polar surface area (TPSA) is 84.9 Å². The third-order valence-electron chi connectivity index (χ3n) is 5.41. The number of rotatable bonds is 9. The molecule has 1 aliphatic heterocycles. The van der Waals surface area contributed by atoms with Crippen molar-refractivity contribution < 1.29 is 22.7 Å². The molecule has 3 aromatic rings. The Bertz CT molecular complexity index is 1220. The number of amides is 1. The van der Waals surface area contributed by atoms with Gasteiger partial charge in [0.25, 0.3) is 5.91 Å². The molecule has 1 aliphatic rings. The number of fused-ring (bicyclic) bond motifs is 1.